The minimum absolute atomic E-state index is 0.0790. The third-order valence-electron chi connectivity index (χ3n) is 6.12. The van der Waals surface area contributed by atoms with Crippen molar-refractivity contribution in [2.75, 3.05) is 39.3 Å². The van der Waals surface area contributed by atoms with Gasteiger partial charge in [-0.3, -0.25) is 9.69 Å². The number of nitrogens with zero attached hydrogens (tertiary/aromatic N) is 3. The fourth-order valence-corrected chi connectivity index (χ4v) is 5.99. The molecule has 2 heterocycles. The molecule has 2 fully saturated rings. The topological polar surface area (TPSA) is 60.9 Å². The van der Waals surface area contributed by atoms with E-state index in [0.29, 0.717) is 31.1 Å². The molecule has 2 aliphatic heterocycles. The predicted octanol–water partition coefficient (Wildman–Crippen LogP) is 3.09. The third-order valence-corrected chi connectivity index (χ3v) is 8.25. The van der Waals surface area contributed by atoms with Crippen molar-refractivity contribution in [3.05, 3.63) is 65.2 Å². The number of benzene rings is 2. The number of halogens is 1. The minimum atomic E-state index is -3.62. The molecule has 0 spiro atoms. The number of hydrogen-bond donors (Lipinski definition) is 0. The van der Waals surface area contributed by atoms with E-state index in [-0.39, 0.29) is 23.3 Å². The largest absolute Gasteiger partial charge is 0.340 e. The number of sulfonamides is 1. The van der Waals surface area contributed by atoms with E-state index in [1.54, 1.807) is 12.1 Å². The lowest BCUT2D eigenvalue weighted by Gasteiger charge is -2.38. The summed E-state index contributed by atoms with van der Waals surface area (Å²) >= 11 is 5.89. The molecule has 0 bridgehead atoms. The molecule has 8 heteroatoms. The average molecular weight is 462 g/mol. The second-order valence-corrected chi connectivity index (χ2v) is 10.6. The number of rotatable bonds is 5. The van der Waals surface area contributed by atoms with Crippen LogP contribution in [0.3, 0.4) is 0 Å². The van der Waals surface area contributed by atoms with Gasteiger partial charge in [0.25, 0.3) is 0 Å². The summed E-state index contributed by atoms with van der Waals surface area (Å²) in [5.74, 6) is -0.202. The highest BCUT2D eigenvalue weighted by molar-refractivity contribution is 7.89. The number of carbonyl (C=O) groups is 1. The van der Waals surface area contributed by atoms with Crippen LogP contribution in [-0.2, 0) is 21.4 Å². The van der Waals surface area contributed by atoms with Gasteiger partial charge in [-0.1, -0.05) is 41.9 Å². The van der Waals surface area contributed by atoms with Crippen LogP contribution in [0.2, 0.25) is 5.02 Å². The predicted molar refractivity (Wildman–Crippen MR) is 121 cm³/mol. The zero-order valence-electron chi connectivity index (χ0n) is 17.5. The van der Waals surface area contributed by atoms with Crippen molar-refractivity contribution < 1.29 is 13.2 Å². The normalized spacial score (nSPS) is 21.2. The maximum absolute atomic E-state index is 13.1. The Morgan fingerprint density at radius 1 is 0.935 bits per heavy atom. The minimum Gasteiger partial charge on any atom is -0.340 e. The van der Waals surface area contributed by atoms with Crippen LogP contribution in [0, 0.1) is 5.92 Å². The summed E-state index contributed by atoms with van der Waals surface area (Å²) < 4.78 is 27.5. The van der Waals surface area contributed by atoms with Crippen LogP contribution < -0.4 is 0 Å². The highest BCUT2D eigenvalue weighted by Crippen LogP contribution is 2.26. The van der Waals surface area contributed by atoms with Gasteiger partial charge in [-0.15, -0.1) is 0 Å². The van der Waals surface area contributed by atoms with E-state index < -0.39 is 10.0 Å². The van der Waals surface area contributed by atoms with E-state index in [0.717, 1.165) is 26.1 Å². The van der Waals surface area contributed by atoms with E-state index in [1.165, 1.54) is 22.0 Å². The molecule has 2 saturated heterocycles. The Kier molecular flexibility index (Phi) is 6.96. The number of carbonyl (C=O) groups excluding carboxylic acids is 1. The molecule has 1 unspecified atom stereocenters. The number of hydrogen-bond acceptors (Lipinski definition) is 4. The lowest BCUT2D eigenvalue weighted by atomic mass is 9.97. The molecule has 4 rings (SSSR count). The Labute approximate surface area is 189 Å². The van der Waals surface area contributed by atoms with E-state index >= 15 is 0 Å². The molecular formula is C23H28ClN3O3S. The Hall–Kier alpha value is -1.93. The van der Waals surface area contributed by atoms with Crippen molar-refractivity contribution in [3.8, 4) is 0 Å². The summed E-state index contributed by atoms with van der Waals surface area (Å²) in [7, 11) is -3.62. The molecule has 2 aliphatic rings. The van der Waals surface area contributed by atoms with Gasteiger partial charge >= 0.3 is 0 Å². The summed E-state index contributed by atoms with van der Waals surface area (Å²) in [6.07, 6.45) is 1.42. The zero-order valence-corrected chi connectivity index (χ0v) is 19.1. The van der Waals surface area contributed by atoms with Crippen molar-refractivity contribution in [2.24, 2.45) is 5.92 Å². The molecular weight excluding hydrogens is 434 g/mol. The Morgan fingerprint density at radius 3 is 2.29 bits per heavy atom. The molecule has 0 N–H and O–H groups in total. The Balaban J connectivity index is 1.34. The van der Waals surface area contributed by atoms with Crippen LogP contribution in [-0.4, -0.2) is 67.7 Å². The SMILES string of the molecule is O=C(C1CCCN(S(=O)(=O)c2ccc(Cl)cc2)C1)N1CCN(Cc2ccccc2)CC1. The standard InChI is InChI=1S/C23H28ClN3O3S/c24-21-8-10-22(11-9-21)31(29,30)27-12-4-7-20(18-27)23(28)26-15-13-25(14-16-26)17-19-5-2-1-3-6-19/h1-3,5-6,8-11,20H,4,7,12-18H2. The van der Waals surface area contributed by atoms with Gasteiger partial charge < -0.3 is 4.90 Å². The zero-order chi connectivity index (χ0) is 21.8. The fourth-order valence-electron chi connectivity index (χ4n) is 4.34. The first-order chi connectivity index (χ1) is 14.9. The monoisotopic (exact) mass is 461 g/mol. The van der Waals surface area contributed by atoms with E-state index in [2.05, 4.69) is 17.0 Å². The molecule has 0 radical (unpaired) electrons. The number of piperazine rings is 1. The first-order valence-corrected chi connectivity index (χ1v) is 12.6. The Bertz CT molecular complexity index is 990. The van der Waals surface area contributed by atoms with Gasteiger partial charge in [-0.25, -0.2) is 8.42 Å². The summed E-state index contributed by atoms with van der Waals surface area (Å²) in [4.78, 5) is 17.6. The van der Waals surface area contributed by atoms with Crippen LogP contribution in [0.15, 0.2) is 59.5 Å². The molecule has 31 heavy (non-hydrogen) atoms. The van der Waals surface area contributed by atoms with Crippen LogP contribution in [0.25, 0.3) is 0 Å². The molecule has 2 aromatic rings. The van der Waals surface area contributed by atoms with Crippen molar-refractivity contribution >= 4 is 27.5 Å². The highest BCUT2D eigenvalue weighted by atomic mass is 35.5. The fraction of sp³-hybridized carbons (Fsp3) is 0.435. The van der Waals surface area contributed by atoms with E-state index in [4.69, 9.17) is 11.6 Å². The van der Waals surface area contributed by atoms with Gasteiger partial charge in [0, 0.05) is 50.8 Å². The van der Waals surface area contributed by atoms with Crippen molar-refractivity contribution in [1.82, 2.24) is 14.1 Å². The van der Waals surface area contributed by atoms with Gasteiger partial charge in [0.05, 0.1) is 10.8 Å². The van der Waals surface area contributed by atoms with Crippen molar-refractivity contribution in [1.29, 1.82) is 0 Å². The number of amides is 1. The highest BCUT2D eigenvalue weighted by Gasteiger charge is 2.35. The second kappa shape index (κ2) is 9.69. The van der Waals surface area contributed by atoms with Crippen LogP contribution in [0.1, 0.15) is 18.4 Å². The maximum Gasteiger partial charge on any atom is 0.243 e. The smallest absolute Gasteiger partial charge is 0.243 e. The van der Waals surface area contributed by atoms with Crippen LogP contribution in [0.4, 0.5) is 0 Å². The molecule has 166 valence electrons. The van der Waals surface area contributed by atoms with Gasteiger partial charge in [0.1, 0.15) is 0 Å². The average Bonchev–Trinajstić information content (AvgIpc) is 2.80. The maximum atomic E-state index is 13.1. The van der Waals surface area contributed by atoms with Crippen molar-refractivity contribution in [3.63, 3.8) is 0 Å². The molecule has 6 nitrogen and oxygen atoms in total. The Morgan fingerprint density at radius 2 is 1.61 bits per heavy atom. The van der Waals surface area contributed by atoms with Gasteiger partial charge in [0.15, 0.2) is 0 Å². The lowest BCUT2D eigenvalue weighted by molar-refractivity contribution is -0.138. The van der Waals surface area contributed by atoms with Gasteiger partial charge in [0.2, 0.25) is 15.9 Å². The molecule has 1 atom stereocenters. The van der Waals surface area contributed by atoms with E-state index in [1.807, 2.05) is 23.1 Å². The third kappa shape index (κ3) is 5.29. The summed E-state index contributed by atoms with van der Waals surface area (Å²) in [6.45, 7) is 4.62. The van der Waals surface area contributed by atoms with Crippen LogP contribution in [0.5, 0.6) is 0 Å². The summed E-state index contributed by atoms with van der Waals surface area (Å²) in [5, 5.41) is 0.497. The summed E-state index contributed by atoms with van der Waals surface area (Å²) in [6, 6.07) is 16.5. The molecule has 2 aromatic carbocycles. The number of piperidine rings is 1. The quantitative estimate of drug-likeness (QED) is 0.686. The second-order valence-electron chi connectivity index (χ2n) is 8.24. The molecule has 1 amide bonds. The van der Waals surface area contributed by atoms with Gasteiger partial charge in [-0.05, 0) is 42.7 Å². The lowest BCUT2D eigenvalue weighted by Crippen LogP contribution is -2.52. The van der Waals surface area contributed by atoms with Crippen LogP contribution >= 0.6 is 11.6 Å². The molecule has 0 aromatic heterocycles. The van der Waals surface area contributed by atoms with Gasteiger partial charge in [-0.2, -0.15) is 4.31 Å². The first kappa shape index (κ1) is 22.3. The van der Waals surface area contributed by atoms with Crippen molar-refractivity contribution in [2.45, 2.75) is 24.3 Å². The molecule has 0 aliphatic carbocycles. The summed E-state index contributed by atoms with van der Waals surface area (Å²) in [5.41, 5.74) is 1.28. The first-order valence-electron chi connectivity index (χ1n) is 10.7. The molecule has 0 saturated carbocycles. The van der Waals surface area contributed by atoms with E-state index in [9.17, 15) is 13.2 Å².